The van der Waals surface area contributed by atoms with E-state index < -0.39 is 9.84 Å². The molecule has 0 aromatic rings. The molecule has 2 aliphatic heterocycles. The third-order valence-electron chi connectivity index (χ3n) is 3.91. The first-order valence-corrected chi connectivity index (χ1v) is 8.99. The first kappa shape index (κ1) is 14.3. The topological polar surface area (TPSA) is 55.4 Å². The molecular formula is C13H25NO3S. The molecular weight excluding hydrogens is 250 g/mol. The fourth-order valence-corrected chi connectivity index (χ4v) is 4.69. The monoisotopic (exact) mass is 275 g/mol. The number of ether oxygens (including phenoxy) is 1. The third-order valence-corrected chi connectivity index (χ3v) is 5.73. The van der Waals surface area contributed by atoms with Crippen molar-refractivity contribution in [3.8, 4) is 0 Å². The molecule has 2 saturated heterocycles. The summed E-state index contributed by atoms with van der Waals surface area (Å²) in [5, 5.41) is 3.54. The molecule has 2 aliphatic rings. The highest BCUT2D eigenvalue weighted by molar-refractivity contribution is 7.91. The number of hydrogen-bond donors (Lipinski definition) is 1. The van der Waals surface area contributed by atoms with Crippen LogP contribution in [0.15, 0.2) is 0 Å². The van der Waals surface area contributed by atoms with Gasteiger partial charge in [-0.05, 0) is 32.1 Å². The van der Waals surface area contributed by atoms with Crippen LogP contribution in [0.5, 0.6) is 0 Å². The maximum atomic E-state index is 11.6. The molecule has 2 rings (SSSR count). The van der Waals surface area contributed by atoms with Crippen molar-refractivity contribution < 1.29 is 13.2 Å². The highest BCUT2D eigenvalue weighted by Crippen LogP contribution is 2.20. The lowest BCUT2D eigenvalue weighted by Gasteiger charge is -2.34. The molecule has 18 heavy (non-hydrogen) atoms. The molecule has 0 aliphatic carbocycles. The van der Waals surface area contributed by atoms with Crippen LogP contribution in [0.4, 0.5) is 0 Å². The summed E-state index contributed by atoms with van der Waals surface area (Å²) < 4.78 is 28.9. The zero-order valence-corrected chi connectivity index (χ0v) is 12.0. The molecule has 0 bridgehead atoms. The molecule has 0 spiro atoms. The lowest BCUT2D eigenvalue weighted by molar-refractivity contribution is -0.00480. The molecule has 5 heteroatoms. The van der Waals surface area contributed by atoms with Crippen molar-refractivity contribution in [1.82, 2.24) is 5.32 Å². The number of nitrogens with one attached hydrogen (secondary N) is 1. The van der Waals surface area contributed by atoms with Gasteiger partial charge in [-0.2, -0.15) is 0 Å². The standard InChI is InChI=1S/C13H25NO3S/c1-2-4-13-9-11(6-7-17-13)14-12-5-3-8-18(15,16)10-12/h11-14H,2-10H2,1H3. The first-order valence-electron chi connectivity index (χ1n) is 7.17. The Bertz CT molecular complexity index is 353. The molecule has 106 valence electrons. The molecule has 0 saturated carbocycles. The van der Waals surface area contributed by atoms with Gasteiger partial charge >= 0.3 is 0 Å². The van der Waals surface area contributed by atoms with Crippen LogP contribution < -0.4 is 5.32 Å². The van der Waals surface area contributed by atoms with E-state index in [1.165, 1.54) is 0 Å². The van der Waals surface area contributed by atoms with Crippen molar-refractivity contribution in [1.29, 1.82) is 0 Å². The van der Waals surface area contributed by atoms with Gasteiger partial charge in [-0.3, -0.25) is 0 Å². The van der Waals surface area contributed by atoms with Gasteiger partial charge in [0.25, 0.3) is 0 Å². The van der Waals surface area contributed by atoms with E-state index in [1.54, 1.807) is 0 Å². The van der Waals surface area contributed by atoms with Gasteiger partial charge in [0.15, 0.2) is 9.84 Å². The van der Waals surface area contributed by atoms with Crippen molar-refractivity contribution in [2.24, 2.45) is 0 Å². The number of hydrogen-bond acceptors (Lipinski definition) is 4. The number of rotatable bonds is 4. The zero-order valence-electron chi connectivity index (χ0n) is 11.2. The summed E-state index contributed by atoms with van der Waals surface area (Å²) in [6, 6.07) is 0.600. The molecule has 2 fully saturated rings. The second kappa shape index (κ2) is 6.35. The van der Waals surface area contributed by atoms with Crippen molar-refractivity contribution >= 4 is 9.84 Å². The summed E-state index contributed by atoms with van der Waals surface area (Å²) in [5.41, 5.74) is 0. The summed E-state index contributed by atoms with van der Waals surface area (Å²) >= 11 is 0. The number of sulfone groups is 1. The molecule has 4 nitrogen and oxygen atoms in total. The molecule has 3 unspecified atom stereocenters. The highest BCUT2D eigenvalue weighted by atomic mass is 32.2. The van der Waals surface area contributed by atoms with E-state index >= 15 is 0 Å². The van der Waals surface area contributed by atoms with Gasteiger partial charge in [0, 0.05) is 18.7 Å². The van der Waals surface area contributed by atoms with Crippen LogP contribution in [0.2, 0.25) is 0 Å². The van der Waals surface area contributed by atoms with Gasteiger partial charge in [-0.1, -0.05) is 13.3 Å². The highest BCUT2D eigenvalue weighted by Gasteiger charge is 2.29. The van der Waals surface area contributed by atoms with Gasteiger partial charge in [0.1, 0.15) is 0 Å². The molecule has 0 aromatic heterocycles. The lowest BCUT2D eigenvalue weighted by Crippen LogP contribution is -2.48. The predicted octanol–water partition coefficient (Wildman–Crippen LogP) is 1.50. The Morgan fingerprint density at radius 2 is 2.11 bits per heavy atom. The van der Waals surface area contributed by atoms with Crippen LogP contribution in [-0.4, -0.2) is 44.7 Å². The fourth-order valence-electron chi connectivity index (χ4n) is 3.04. The molecule has 0 radical (unpaired) electrons. The van der Waals surface area contributed by atoms with E-state index in [4.69, 9.17) is 4.74 Å². The quantitative estimate of drug-likeness (QED) is 0.845. The average Bonchev–Trinajstić information content (AvgIpc) is 2.28. The van der Waals surface area contributed by atoms with Crippen LogP contribution in [0.25, 0.3) is 0 Å². The molecule has 0 amide bonds. The van der Waals surface area contributed by atoms with E-state index in [0.29, 0.717) is 23.7 Å². The van der Waals surface area contributed by atoms with E-state index in [0.717, 1.165) is 45.1 Å². The normalized spacial score (nSPS) is 36.4. The van der Waals surface area contributed by atoms with Crippen molar-refractivity contribution in [2.75, 3.05) is 18.1 Å². The fraction of sp³-hybridized carbons (Fsp3) is 1.00. The lowest BCUT2D eigenvalue weighted by atomic mass is 9.99. The summed E-state index contributed by atoms with van der Waals surface area (Å²) in [6.45, 7) is 2.98. The maximum absolute atomic E-state index is 11.6. The largest absolute Gasteiger partial charge is 0.378 e. The second-order valence-corrected chi connectivity index (χ2v) is 7.85. The van der Waals surface area contributed by atoms with E-state index in [2.05, 4.69) is 12.2 Å². The van der Waals surface area contributed by atoms with Gasteiger partial charge in [0.05, 0.1) is 17.6 Å². The van der Waals surface area contributed by atoms with Crippen LogP contribution >= 0.6 is 0 Å². The van der Waals surface area contributed by atoms with E-state index in [-0.39, 0.29) is 6.04 Å². The minimum absolute atomic E-state index is 0.161. The average molecular weight is 275 g/mol. The van der Waals surface area contributed by atoms with Crippen molar-refractivity contribution in [3.63, 3.8) is 0 Å². The molecule has 3 atom stereocenters. The maximum Gasteiger partial charge on any atom is 0.151 e. The molecule has 1 N–H and O–H groups in total. The second-order valence-electron chi connectivity index (χ2n) is 5.62. The predicted molar refractivity (Wildman–Crippen MR) is 72.5 cm³/mol. The van der Waals surface area contributed by atoms with Crippen molar-refractivity contribution in [3.05, 3.63) is 0 Å². The third kappa shape index (κ3) is 4.21. The van der Waals surface area contributed by atoms with E-state index in [9.17, 15) is 8.42 Å². The van der Waals surface area contributed by atoms with Gasteiger partial charge < -0.3 is 10.1 Å². The first-order chi connectivity index (χ1) is 8.59. The van der Waals surface area contributed by atoms with Crippen LogP contribution in [0, 0.1) is 0 Å². The minimum atomic E-state index is -2.80. The Kier molecular flexibility index (Phi) is 5.04. The minimum Gasteiger partial charge on any atom is -0.378 e. The van der Waals surface area contributed by atoms with Crippen LogP contribution in [-0.2, 0) is 14.6 Å². The summed E-state index contributed by atoms with van der Waals surface area (Å²) in [6.07, 6.45) is 6.47. The molecule has 0 aromatic carbocycles. The van der Waals surface area contributed by atoms with Gasteiger partial charge in [0.2, 0.25) is 0 Å². The summed E-state index contributed by atoms with van der Waals surface area (Å²) in [4.78, 5) is 0. The Balaban J connectivity index is 1.81. The Hall–Kier alpha value is -0.130. The Labute approximate surface area is 110 Å². The van der Waals surface area contributed by atoms with Crippen LogP contribution in [0.3, 0.4) is 0 Å². The van der Waals surface area contributed by atoms with Gasteiger partial charge in [-0.25, -0.2) is 8.42 Å². The Morgan fingerprint density at radius 3 is 2.83 bits per heavy atom. The SMILES string of the molecule is CCCC1CC(NC2CCCS(=O)(=O)C2)CCO1. The summed E-state index contributed by atoms with van der Waals surface area (Å²) in [7, 11) is -2.80. The zero-order chi connectivity index (χ0) is 13.0. The van der Waals surface area contributed by atoms with Gasteiger partial charge in [-0.15, -0.1) is 0 Å². The van der Waals surface area contributed by atoms with Crippen molar-refractivity contribution in [2.45, 2.75) is 63.6 Å². The van der Waals surface area contributed by atoms with E-state index in [1.807, 2.05) is 0 Å². The Morgan fingerprint density at radius 1 is 1.28 bits per heavy atom. The van der Waals surface area contributed by atoms with Crippen LogP contribution in [0.1, 0.15) is 45.4 Å². The summed E-state index contributed by atoms with van der Waals surface area (Å²) in [5.74, 6) is 0.695. The molecule has 2 heterocycles. The smallest absolute Gasteiger partial charge is 0.151 e.